The van der Waals surface area contributed by atoms with E-state index in [0.29, 0.717) is 6.04 Å². The molecule has 15 heavy (non-hydrogen) atoms. The molecule has 4 heteroatoms. The smallest absolute Gasteiger partial charge is 0.271 e. The van der Waals surface area contributed by atoms with Crippen molar-refractivity contribution in [2.24, 2.45) is 0 Å². The van der Waals surface area contributed by atoms with Gasteiger partial charge in [-0.15, -0.1) is 0 Å². The van der Waals surface area contributed by atoms with Crippen molar-refractivity contribution in [1.29, 1.82) is 0 Å². The van der Waals surface area contributed by atoms with Gasteiger partial charge in [0.1, 0.15) is 0 Å². The Morgan fingerprint density at radius 2 is 2.20 bits per heavy atom. The second-order valence-corrected chi connectivity index (χ2v) is 4.82. The monoisotopic (exact) mass is 207 g/mol. The summed E-state index contributed by atoms with van der Waals surface area (Å²) in [5, 5.41) is 3.30. The van der Waals surface area contributed by atoms with Gasteiger partial charge in [-0.2, -0.15) is 0 Å². The zero-order valence-electron chi connectivity index (χ0n) is 9.12. The van der Waals surface area contributed by atoms with Gasteiger partial charge < -0.3 is 4.90 Å². The number of likely N-dealkylation sites (N-methyl/N-ethyl adjacent to an activating group) is 1. The Bertz CT molecular complexity index is 428. The van der Waals surface area contributed by atoms with Crippen molar-refractivity contribution in [2.75, 3.05) is 13.6 Å². The Hall–Kier alpha value is -1.03. The number of aromatic amines is 1. The van der Waals surface area contributed by atoms with Gasteiger partial charge in [0, 0.05) is 25.2 Å². The number of aromatic nitrogens is 2. The number of fused-ring (bicyclic) bond motifs is 1. The lowest BCUT2D eigenvalue weighted by Crippen LogP contribution is -2.31. The quantitative estimate of drug-likeness (QED) is 0.743. The first-order valence-electron chi connectivity index (χ1n) is 5.76. The van der Waals surface area contributed by atoms with E-state index in [0.717, 1.165) is 37.9 Å². The average Bonchev–Trinajstić information content (AvgIpc) is 2.43. The van der Waals surface area contributed by atoms with E-state index < -0.39 is 0 Å². The largest absolute Gasteiger partial charge is 0.301 e. The van der Waals surface area contributed by atoms with Gasteiger partial charge in [0.05, 0.1) is 11.6 Å². The summed E-state index contributed by atoms with van der Waals surface area (Å²) in [6, 6.07) is 0.452. The second kappa shape index (κ2) is 3.23. The standard InChI is InChI=1S/C11H17N3O/c1-13-6-5-10-9(7-13)11(15)14(12-10)8-3-2-4-8/h8,12H,2-7H2,1H3. The van der Waals surface area contributed by atoms with Gasteiger partial charge in [-0.1, -0.05) is 0 Å². The Morgan fingerprint density at radius 1 is 1.40 bits per heavy atom. The van der Waals surface area contributed by atoms with Crippen LogP contribution in [0.1, 0.15) is 36.6 Å². The molecule has 1 saturated carbocycles. The minimum absolute atomic E-state index is 0.223. The van der Waals surface area contributed by atoms with Gasteiger partial charge in [0.25, 0.3) is 5.56 Å². The highest BCUT2D eigenvalue weighted by Crippen LogP contribution is 2.30. The van der Waals surface area contributed by atoms with Gasteiger partial charge in [-0.05, 0) is 26.3 Å². The fraction of sp³-hybridized carbons (Fsp3) is 0.727. The van der Waals surface area contributed by atoms with Crippen molar-refractivity contribution in [3.8, 4) is 0 Å². The minimum atomic E-state index is 0.223. The lowest BCUT2D eigenvalue weighted by atomic mass is 9.93. The highest BCUT2D eigenvalue weighted by atomic mass is 16.1. The summed E-state index contributed by atoms with van der Waals surface area (Å²) in [4.78, 5) is 14.3. The molecule has 1 fully saturated rings. The molecule has 1 N–H and O–H groups in total. The Kier molecular flexibility index (Phi) is 1.99. The molecule has 1 aliphatic heterocycles. The van der Waals surface area contributed by atoms with Crippen LogP contribution in [0.2, 0.25) is 0 Å². The van der Waals surface area contributed by atoms with Gasteiger partial charge in [0.2, 0.25) is 0 Å². The van der Waals surface area contributed by atoms with Crippen LogP contribution in [-0.2, 0) is 13.0 Å². The first-order chi connectivity index (χ1) is 7.25. The zero-order valence-corrected chi connectivity index (χ0v) is 9.12. The Balaban J connectivity index is 2.01. The summed E-state index contributed by atoms with van der Waals surface area (Å²) in [7, 11) is 2.07. The highest BCUT2D eigenvalue weighted by Gasteiger charge is 2.26. The second-order valence-electron chi connectivity index (χ2n) is 4.82. The van der Waals surface area contributed by atoms with Crippen LogP contribution in [0.3, 0.4) is 0 Å². The molecule has 0 atom stereocenters. The third-order valence-corrected chi connectivity index (χ3v) is 3.71. The molecule has 0 unspecified atom stereocenters. The van der Waals surface area contributed by atoms with Crippen LogP contribution in [0.25, 0.3) is 0 Å². The molecule has 0 amide bonds. The molecule has 2 heterocycles. The maximum Gasteiger partial charge on any atom is 0.271 e. The minimum Gasteiger partial charge on any atom is -0.301 e. The number of nitrogens with one attached hydrogen (secondary N) is 1. The van der Waals surface area contributed by atoms with Gasteiger partial charge in [-0.3, -0.25) is 9.89 Å². The van der Waals surface area contributed by atoms with E-state index in [1.807, 2.05) is 4.68 Å². The molecule has 0 bridgehead atoms. The predicted molar refractivity (Wildman–Crippen MR) is 58.0 cm³/mol. The maximum atomic E-state index is 12.1. The fourth-order valence-electron chi connectivity index (χ4n) is 2.46. The molecule has 82 valence electrons. The summed E-state index contributed by atoms with van der Waals surface area (Å²) < 4.78 is 1.87. The summed E-state index contributed by atoms with van der Waals surface area (Å²) in [6.07, 6.45) is 4.58. The molecule has 0 spiro atoms. The SMILES string of the molecule is CN1CCc2[nH]n(C3CCC3)c(=O)c2C1. The zero-order chi connectivity index (χ0) is 10.4. The number of H-pyrrole nitrogens is 1. The number of nitrogens with zero attached hydrogens (tertiary/aromatic N) is 2. The van der Waals surface area contributed by atoms with E-state index in [-0.39, 0.29) is 5.56 Å². The van der Waals surface area contributed by atoms with Crippen LogP contribution >= 0.6 is 0 Å². The normalized spacial score (nSPS) is 22.5. The fourth-order valence-corrected chi connectivity index (χ4v) is 2.46. The van der Waals surface area contributed by atoms with E-state index in [4.69, 9.17) is 0 Å². The third kappa shape index (κ3) is 1.35. The molecule has 2 aliphatic rings. The van der Waals surface area contributed by atoms with E-state index in [2.05, 4.69) is 17.0 Å². The molecule has 4 nitrogen and oxygen atoms in total. The topological polar surface area (TPSA) is 41.0 Å². The van der Waals surface area contributed by atoms with Gasteiger partial charge in [0.15, 0.2) is 0 Å². The summed E-state index contributed by atoms with van der Waals surface area (Å²) in [5.41, 5.74) is 2.39. The summed E-state index contributed by atoms with van der Waals surface area (Å²) in [5.74, 6) is 0. The van der Waals surface area contributed by atoms with Crippen LogP contribution in [0.5, 0.6) is 0 Å². The molecular formula is C11H17N3O. The molecule has 0 radical (unpaired) electrons. The molecule has 3 rings (SSSR count). The van der Waals surface area contributed by atoms with Crippen LogP contribution < -0.4 is 5.56 Å². The summed E-state index contributed by atoms with van der Waals surface area (Å²) >= 11 is 0. The Labute approximate surface area is 88.9 Å². The number of hydrogen-bond acceptors (Lipinski definition) is 2. The van der Waals surface area contributed by atoms with Crippen LogP contribution in [0, 0.1) is 0 Å². The molecule has 1 aromatic rings. The first kappa shape index (κ1) is 9.21. The number of hydrogen-bond donors (Lipinski definition) is 1. The maximum absolute atomic E-state index is 12.1. The highest BCUT2D eigenvalue weighted by molar-refractivity contribution is 5.20. The van der Waals surface area contributed by atoms with Gasteiger partial charge in [-0.25, -0.2) is 4.68 Å². The van der Waals surface area contributed by atoms with E-state index in [9.17, 15) is 4.79 Å². The lowest BCUT2D eigenvalue weighted by molar-refractivity contribution is 0.282. The van der Waals surface area contributed by atoms with Crippen molar-refractivity contribution in [3.63, 3.8) is 0 Å². The van der Waals surface area contributed by atoms with Crippen molar-refractivity contribution in [3.05, 3.63) is 21.6 Å². The van der Waals surface area contributed by atoms with Crippen LogP contribution in [0.4, 0.5) is 0 Å². The van der Waals surface area contributed by atoms with Crippen molar-refractivity contribution in [1.82, 2.24) is 14.7 Å². The molecular weight excluding hydrogens is 190 g/mol. The Morgan fingerprint density at radius 3 is 2.87 bits per heavy atom. The predicted octanol–water partition coefficient (Wildman–Crippen LogP) is 0.889. The van der Waals surface area contributed by atoms with Crippen LogP contribution in [-0.4, -0.2) is 28.3 Å². The van der Waals surface area contributed by atoms with E-state index in [1.165, 1.54) is 12.1 Å². The van der Waals surface area contributed by atoms with Gasteiger partial charge >= 0.3 is 0 Å². The molecule has 0 saturated heterocycles. The van der Waals surface area contributed by atoms with Crippen molar-refractivity contribution >= 4 is 0 Å². The molecule has 0 aromatic carbocycles. The number of rotatable bonds is 1. The van der Waals surface area contributed by atoms with Crippen molar-refractivity contribution in [2.45, 2.75) is 38.3 Å². The van der Waals surface area contributed by atoms with E-state index in [1.54, 1.807) is 0 Å². The molecule has 1 aromatic heterocycles. The molecule has 1 aliphatic carbocycles. The van der Waals surface area contributed by atoms with Crippen LogP contribution in [0.15, 0.2) is 4.79 Å². The van der Waals surface area contributed by atoms with E-state index >= 15 is 0 Å². The van der Waals surface area contributed by atoms with Crippen molar-refractivity contribution < 1.29 is 0 Å². The third-order valence-electron chi connectivity index (χ3n) is 3.71. The average molecular weight is 207 g/mol. The first-order valence-corrected chi connectivity index (χ1v) is 5.76. The lowest BCUT2D eigenvalue weighted by Gasteiger charge is -2.25. The summed E-state index contributed by atoms with van der Waals surface area (Å²) in [6.45, 7) is 1.86.